The van der Waals surface area contributed by atoms with Crippen LogP contribution in [0.3, 0.4) is 0 Å². The lowest BCUT2D eigenvalue weighted by molar-refractivity contribution is -0.660. The van der Waals surface area contributed by atoms with Crippen molar-refractivity contribution in [2.75, 3.05) is 0 Å². The highest BCUT2D eigenvalue weighted by atomic mass is 14.9. The fourth-order valence-corrected chi connectivity index (χ4v) is 5.57. The van der Waals surface area contributed by atoms with Crippen molar-refractivity contribution in [2.24, 2.45) is 7.05 Å². The number of hydrogen-bond acceptors (Lipinski definition) is 0. The average Bonchev–Trinajstić information content (AvgIpc) is 2.72. The summed E-state index contributed by atoms with van der Waals surface area (Å²) in [5.74, 6) is 0. The van der Waals surface area contributed by atoms with Crippen molar-refractivity contribution in [1.29, 1.82) is 0 Å². The van der Waals surface area contributed by atoms with Crippen molar-refractivity contribution in [3.8, 4) is 22.4 Å². The van der Waals surface area contributed by atoms with Gasteiger partial charge in [0.1, 0.15) is 7.05 Å². The molecule has 4 aromatic rings. The minimum absolute atomic E-state index is 0.0121. The van der Waals surface area contributed by atoms with E-state index >= 15 is 0 Å². The number of aryl methyl sites for hydroxylation is 3. The summed E-state index contributed by atoms with van der Waals surface area (Å²) in [6.45, 7) is 14.1. The van der Waals surface area contributed by atoms with E-state index in [1.54, 1.807) is 0 Å². The molecule has 0 radical (unpaired) electrons. The van der Waals surface area contributed by atoms with E-state index in [-0.39, 0.29) is 10.8 Å². The third kappa shape index (κ3) is 2.72. The van der Waals surface area contributed by atoms with Crippen molar-refractivity contribution in [2.45, 2.75) is 52.4 Å². The molecule has 0 saturated carbocycles. The maximum absolute atomic E-state index is 2.45. The Labute approximate surface area is 186 Å². The Morgan fingerprint density at radius 1 is 0.710 bits per heavy atom. The second-order valence-corrected chi connectivity index (χ2v) is 10.4. The van der Waals surface area contributed by atoms with Gasteiger partial charge in [-0.15, -0.1) is 0 Å². The molecular formula is C30H32N+. The van der Waals surface area contributed by atoms with E-state index in [9.17, 15) is 0 Å². The first kappa shape index (κ1) is 20.0. The molecule has 156 valence electrons. The summed E-state index contributed by atoms with van der Waals surface area (Å²) in [5.41, 5.74) is 10.9. The van der Waals surface area contributed by atoms with Crippen LogP contribution in [-0.4, -0.2) is 0 Å². The van der Waals surface area contributed by atoms with Gasteiger partial charge in [0.25, 0.3) is 0 Å². The fourth-order valence-electron chi connectivity index (χ4n) is 5.57. The van der Waals surface area contributed by atoms with Gasteiger partial charge < -0.3 is 0 Å². The molecule has 1 nitrogen and oxygen atoms in total. The highest BCUT2D eigenvalue weighted by Crippen LogP contribution is 2.56. The van der Waals surface area contributed by atoms with Gasteiger partial charge in [0.2, 0.25) is 5.69 Å². The lowest BCUT2D eigenvalue weighted by atomic mass is 9.54. The van der Waals surface area contributed by atoms with Crippen LogP contribution in [0.15, 0.2) is 66.9 Å². The number of rotatable bonds is 1. The molecule has 0 unspecified atom stereocenters. The molecule has 1 heterocycles. The molecule has 0 amide bonds. The standard InChI is InChI=1S/C30H32N/c1-19-12-15-27(31(7)18-19)24-17-25-23-14-13-21-10-8-9-11-22(21)28(23)30(5,6)29(3,4)26(25)16-20(24)2/h8-18H,1-7H3/q+1. The van der Waals surface area contributed by atoms with Crippen LogP contribution < -0.4 is 4.57 Å². The van der Waals surface area contributed by atoms with E-state index in [0.29, 0.717) is 0 Å². The minimum atomic E-state index is 0.0121. The maximum Gasteiger partial charge on any atom is 0.212 e. The summed E-state index contributed by atoms with van der Waals surface area (Å²) >= 11 is 0. The maximum atomic E-state index is 2.45. The van der Waals surface area contributed by atoms with Crippen molar-refractivity contribution in [3.05, 3.63) is 89.1 Å². The first-order valence-corrected chi connectivity index (χ1v) is 11.3. The van der Waals surface area contributed by atoms with Gasteiger partial charge >= 0.3 is 0 Å². The van der Waals surface area contributed by atoms with Crippen molar-refractivity contribution >= 4 is 10.8 Å². The quantitative estimate of drug-likeness (QED) is 0.295. The van der Waals surface area contributed by atoms with E-state index in [4.69, 9.17) is 0 Å². The van der Waals surface area contributed by atoms with Crippen LogP contribution in [0.2, 0.25) is 0 Å². The highest BCUT2D eigenvalue weighted by molar-refractivity contribution is 5.96. The number of pyridine rings is 1. The topological polar surface area (TPSA) is 3.88 Å². The number of hydrogen-bond donors (Lipinski definition) is 0. The van der Waals surface area contributed by atoms with Crippen LogP contribution in [0.1, 0.15) is 49.9 Å². The first-order chi connectivity index (χ1) is 14.6. The Hall–Kier alpha value is -2.93. The summed E-state index contributed by atoms with van der Waals surface area (Å²) < 4.78 is 2.25. The summed E-state index contributed by atoms with van der Waals surface area (Å²) in [6, 6.07) is 22.8. The average molecular weight is 407 g/mol. The Morgan fingerprint density at radius 2 is 1.45 bits per heavy atom. The zero-order chi connectivity index (χ0) is 22.1. The Kier molecular flexibility index (Phi) is 4.21. The highest BCUT2D eigenvalue weighted by Gasteiger charge is 2.47. The molecule has 0 spiro atoms. The first-order valence-electron chi connectivity index (χ1n) is 11.3. The van der Waals surface area contributed by atoms with Crippen LogP contribution in [0.5, 0.6) is 0 Å². The van der Waals surface area contributed by atoms with Crippen LogP contribution in [0, 0.1) is 13.8 Å². The van der Waals surface area contributed by atoms with E-state index in [1.807, 2.05) is 0 Å². The second-order valence-electron chi connectivity index (χ2n) is 10.4. The van der Waals surface area contributed by atoms with E-state index in [1.165, 1.54) is 55.4 Å². The molecule has 31 heavy (non-hydrogen) atoms. The van der Waals surface area contributed by atoms with Crippen LogP contribution in [0.25, 0.3) is 33.2 Å². The summed E-state index contributed by atoms with van der Waals surface area (Å²) in [6.07, 6.45) is 2.21. The van der Waals surface area contributed by atoms with Gasteiger partial charge in [-0.25, -0.2) is 4.57 Å². The SMILES string of the molecule is Cc1ccc(-c2cc3c(cc2C)C(C)(C)C(C)(C)c2c-3ccc3ccccc23)[n+](C)c1. The van der Waals surface area contributed by atoms with Gasteiger partial charge in [0, 0.05) is 22.6 Å². The molecule has 0 bridgehead atoms. The number of nitrogens with zero attached hydrogens (tertiary/aromatic N) is 1. The van der Waals surface area contributed by atoms with Gasteiger partial charge in [0.15, 0.2) is 6.20 Å². The molecule has 0 aliphatic heterocycles. The van der Waals surface area contributed by atoms with Crippen molar-refractivity contribution < 1.29 is 4.57 Å². The molecule has 0 saturated heterocycles. The molecular weight excluding hydrogens is 374 g/mol. The number of aromatic nitrogens is 1. The van der Waals surface area contributed by atoms with E-state index in [2.05, 4.69) is 120 Å². The molecule has 1 aromatic heterocycles. The molecule has 1 aliphatic carbocycles. The largest absolute Gasteiger partial charge is 0.212 e. The smallest absolute Gasteiger partial charge is 0.201 e. The predicted octanol–water partition coefficient (Wildman–Crippen LogP) is 7.18. The Balaban J connectivity index is 1.88. The van der Waals surface area contributed by atoms with Crippen LogP contribution in [-0.2, 0) is 17.9 Å². The normalized spacial score (nSPS) is 16.1. The molecule has 1 heteroatoms. The minimum Gasteiger partial charge on any atom is -0.201 e. The third-order valence-corrected chi connectivity index (χ3v) is 8.00. The van der Waals surface area contributed by atoms with Crippen LogP contribution in [0.4, 0.5) is 0 Å². The number of fused-ring (bicyclic) bond motifs is 5. The molecule has 5 rings (SSSR count). The van der Waals surface area contributed by atoms with Gasteiger partial charge in [-0.05, 0) is 70.0 Å². The monoisotopic (exact) mass is 406 g/mol. The van der Waals surface area contributed by atoms with Gasteiger partial charge in [-0.1, -0.05) is 70.2 Å². The Morgan fingerprint density at radius 3 is 2.19 bits per heavy atom. The molecule has 0 fully saturated rings. The van der Waals surface area contributed by atoms with E-state index in [0.717, 1.165) is 0 Å². The summed E-state index contributed by atoms with van der Waals surface area (Å²) in [7, 11) is 2.15. The van der Waals surface area contributed by atoms with Crippen LogP contribution >= 0.6 is 0 Å². The molecule has 1 aliphatic rings. The molecule has 0 N–H and O–H groups in total. The lowest BCUT2D eigenvalue weighted by Gasteiger charge is -2.49. The number of benzene rings is 3. The molecule has 0 atom stereocenters. The zero-order valence-electron chi connectivity index (χ0n) is 19.8. The van der Waals surface area contributed by atoms with Gasteiger partial charge in [-0.2, -0.15) is 0 Å². The van der Waals surface area contributed by atoms with Gasteiger partial charge in [0.05, 0.1) is 0 Å². The lowest BCUT2D eigenvalue weighted by Crippen LogP contribution is -2.43. The van der Waals surface area contributed by atoms with Crippen molar-refractivity contribution in [1.82, 2.24) is 0 Å². The van der Waals surface area contributed by atoms with E-state index < -0.39 is 0 Å². The second kappa shape index (κ2) is 6.53. The fraction of sp³-hybridized carbons (Fsp3) is 0.300. The Bertz CT molecular complexity index is 1350. The zero-order valence-corrected chi connectivity index (χ0v) is 19.8. The predicted molar refractivity (Wildman–Crippen MR) is 132 cm³/mol. The van der Waals surface area contributed by atoms with Crippen molar-refractivity contribution in [3.63, 3.8) is 0 Å². The van der Waals surface area contributed by atoms with Gasteiger partial charge in [-0.3, -0.25) is 0 Å². The third-order valence-electron chi connectivity index (χ3n) is 8.00. The summed E-state index contributed by atoms with van der Waals surface area (Å²) in [5, 5.41) is 2.71. The summed E-state index contributed by atoms with van der Waals surface area (Å²) in [4.78, 5) is 0. The molecule has 3 aromatic carbocycles.